The van der Waals surface area contributed by atoms with Crippen LogP contribution in [0.15, 0.2) is 60.7 Å². The van der Waals surface area contributed by atoms with Crippen molar-refractivity contribution < 1.29 is 47.9 Å². The third-order valence-corrected chi connectivity index (χ3v) is 13.3. The van der Waals surface area contributed by atoms with Crippen molar-refractivity contribution in [3.8, 4) is 0 Å². The molecule has 0 aliphatic carbocycles. The van der Waals surface area contributed by atoms with E-state index in [-0.39, 0.29) is 76.3 Å². The molecule has 0 aromatic heterocycles. The van der Waals surface area contributed by atoms with Crippen molar-refractivity contribution in [2.24, 2.45) is 46.6 Å². The summed E-state index contributed by atoms with van der Waals surface area (Å²) < 4.78 is 0. The van der Waals surface area contributed by atoms with Crippen molar-refractivity contribution in [2.45, 2.75) is 180 Å². The first-order chi connectivity index (χ1) is 36.8. The van der Waals surface area contributed by atoms with E-state index in [0.29, 0.717) is 11.1 Å². The minimum atomic E-state index is -1.50. The van der Waals surface area contributed by atoms with Gasteiger partial charge in [0.2, 0.25) is 47.3 Å². The maximum Gasteiger partial charge on any atom is 0.243 e. The van der Waals surface area contributed by atoms with Crippen LogP contribution in [0.5, 0.6) is 0 Å². The first-order valence-corrected chi connectivity index (χ1v) is 27.3. The first-order valence-electron chi connectivity index (χ1n) is 27.3. The van der Waals surface area contributed by atoms with E-state index < -0.39 is 144 Å². The van der Waals surface area contributed by atoms with Gasteiger partial charge < -0.3 is 65.5 Å². The third-order valence-electron chi connectivity index (χ3n) is 13.3. The average Bonchev–Trinajstić information content (AvgIpc) is 3.37. The van der Waals surface area contributed by atoms with Gasteiger partial charge in [-0.3, -0.25) is 47.9 Å². The maximum absolute atomic E-state index is 14.3. The maximum atomic E-state index is 14.3. The van der Waals surface area contributed by atoms with Gasteiger partial charge in [-0.1, -0.05) is 116 Å². The number of ketones is 2. The Hall–Kier alpha value is -6.62. The quantitative estimate of drug-likeness (QED) is 0.104. The summed E-state index contributed by atoms with van der Waals surface area (Å²) in [7, 11) is 0. The molecular formula is C56H88N12O10. The highest BCUT2D eigenvalue weighted by Gasteiger charge is 2.37. The van der Waals surface area contributed by atoms with Crippen LogP contribution in [0.3, 0.4) is 0 Å². The topological polar surface area (TPSA) is 371 Å². The molecule has 2 aromatic carbocycles. The fraction of sp³-hybridized carbons (Fsp3) is 0.607. The smallest absolute Gasteiger partial charge is 0.243 e. The van der Waals surface area contributed by atoms with E-state index in [4.69, 9.17) is 22.9 Å². The Morgan fingerprint density at radius 2 is 0.705 bits per heavy atom. The van der Waals surface area contributed by atoms with E-state index >= 15 is 0 Å². The first kappa shape index (κ1) is 65.7. The lowest BCUT2D eigenvalue weighted by atomic mass is 9.94. The second-order valence-electron chi connectivity index (χ2n) is 21.9. The number of hydrogen-bond donors (Lipinski definition) is 12. The summed E-state index contributed by atoms with van der Waals surface area (Å²) in [5, 5.41) is 21.8. The highest BCUT2D eigenvalue weighted by molar-refractivity contribution is 6.01. The second-order valence-corrected chi connectivity index (χ2v) is 21.9. The molecule has 0 radical (unpaired) electrons. The van der Waals surface area contributed by atoms with E-state index in [1.54, 1.807) is 88.4 Å². The highest BCUT2D eigenvalue weighted by atomic mass is 16.2. The Morgan fingerprint density at radius 1 is 0.410 bits per heavy atom. The van der Waals surface area contributed by atoms with E-state index in [9.17, 15) is 47.9 Å². The number of rotatable bonds is 16. The van der Waals surface area contributed by atoms with Gasteiger partial charge in [-0.2, -0.15) is 0 Å². The van der Waals surface area contributed by atoms with Gasteiger partial charge in [0.15, 0.2) is 11.6 Å². The van der Waals surface area contributed by atoms with Gasteiger partial charge in [-0.05, 0) is 99.3 Å². The number of carbonyl (C=O) groups is 10. The number of nitrogens with two attached hydrogens (primary N) is 4. The molecule has 1 aliphatic heterocycles. The molecule has 22 heteroatoms. The zero-order valence-electron chi connectivity index (χ0n) is 46.7. The fourth-order valence-electron chi connectivity index (χ4n) is 9.00. The standard InChI is InChI=1S/C56H88N12O10/c1-31(2)25-43-53(75)63-41(27-35-17-11-9-12-18-35)49(71)37(59)29-45(69)68-48(34(7)8)56(78)62-40(22-16-24-58)52(74)66-44(26-32(3)4)54(76)64-42(28-36-19-13-10-14-20-36)50(72)38(60)30-46(70)67-47(33(5)6)55(77)61-39(21-15-23-57)51(73)65-43/h9-14,17-20,31-34,37-44,47-48H,15-16,21-30,57-60H2,1-8H3,(H,61,77)(H,62,78)(H,63,75)(H,64,76)(H,65,73)(H,66,74)(H,67,70)(H,68,69)/t37-,38-,39-,40-,41+,42+,43-,44-,47-,48-/m0/s1. The van der Waals surface area contributed by atoms with Crippen LogP contribution in [0.2, 0.25) is 0 Å². The molecule has 1 fully saturated rings. The van der Waals surface area contributed by atoms with Crippen molar-refractivity contribution in [3.05, 3.63) is 71.8 Å². The van der Waals surface area contributed by atoms with Crippen molar-refractivity contribution in [1.29, 1.82) is 0 Å². The Kier molecular flexibility index (Phi) is 27.7. The fourth-order valence-corrected chi connectivity index (χ4v) is 9.00. The van der Waals surface area contributed by atoms with E-state index in [1.807, 2.05) is 27.7 Å². The van der Waals surface area contributed by atoms with Crippen molar-refractivity contribution in [2.75, 3.05) is 13.1 Å². The summed E-state index contributed by atoms with van der Waals surface area (Å²) in [5.74, 6) is -8.89. The average molecular weight is 1090 g/mol. The molecular weight excluding hydrogens is 1000 g/mol. The zero-order valence-corrected chi connectivity index (χ0v) is 46.7. The Balaban J connectivity index is 2.16. The zero-order chi connectivity index (χ0) is 58.2. The van der Waals surface area contributed by atoms with Crippen LogP contribution in [-0.4, -0.2) is 132 Å². The molecule has 1 heterocycles. The summed E-state index contributed by atoms with van der Waals surface area (Å²) in [6.45, 7) is 14.3. The summed E-state index contributed by atoms with van der Waals surface area (Å²) in [5.41, 5.74) is 25.9. The van der Waals surface area contributed by atoms with E-state index in [1.165, 1.54) is 0 Å². The largest absolute Gasteiger partial charge is 0.344 e. The molecule has 0 unspecified atom stereocenters. The molecule has 1 aliphatic rings. The number of amides is 8. The van der Waals surface area contributed by atoms with E-state index in [2.05, 4.69) is 42.5 Å². The number of Topliss-reactive ketones (excluding diaryl/α,β-unsaturated/α-hetero) is 2. The number of nitrogens with one attached hydrogen (secondary N) is 8. The van der Waals surface area contributed by atoms with Crippen LogP contribution >= 0.6 is 0 Å². The van der Waals surface area contributed by atoms with Crippen molar-refractivity contribution in [1.82, 2.24) is 42.5 Å². The molecule has 0 bridgehead atoms. The predicted octanol–water partition coefficient (Wildman–Crippen LogP) is -0.181. The van der Waals surface area contributed by atoms with Crippen LogP contribution in [0.4, 0.5) is 0 Å². The lowest BCUT2D eigenvalue weighted by molar-refractivity contribution is -0.136. The molecule has 0 spiro atoms. The molecule has 0 saturated carbocycles. The molecule has 8 amide bonds. The van der Waals surface area contributed by atoms with Crippen LogP contribution in [0.1, 0.15) is 118 Å². The highest BCUT2D eigenvalue weighted by Crippen LogP contribution is 2.15. The molecule has 22 nitrogen and oxygen atoms in total. The summed E-state index contributed by atoms with van der Waals surface area (Å²) >= 11 is 0. The van der Waals surface area contributed by atoms with Crippen LogP contribution < -0.4 is 65.5 Å². The number of hydrogen-bond acceptors (Lipinski definition) is 14. The Morgan fingerprint density at radius 3 is 1.00 bits per heavy atom. The second kappa shape index (κ2) is 33.0. The SMILES string of the molecule is CC(C)C[C@@H]1NC(=O)[C@H](CCCN)NC(=O)[C@H](C(C)C)NC(=O)C[C@H](N)C(=O)[C@@H](Cc2ccccc2)NC(=O)[C@H](CC(C)C)NC(=O)[C@H](CCCN)NC(=O)[C@H](C(C)C)NC(=O)C[C@H](N)C(=O)[C@@H](Cc2ccccc2)NC1=O. The molecule has 1 saturated heterocycles. The van der Waals surface area contributed by atoms with Crippen molar-refractivity contribution in [3.63, 3.8) is 0 Å². The lowest BCUT2D eigenvalue weighted by Crippen LogP contribution is -2.60. The van der Waals surface area contributed by atoms with Gasteiger partial charge in [0.25, 0.3) is 0 Å². The number of benzene rings is 2. The molecule has 16 N–H and O–H groups in total. The summed E-state index contributed by atoms with van der Waals surface area (Å²) in [6, 6.07) is 4.45. The van der Waals surface area contributed by atoms with Crippen LogP contribution in [0.25, 0.3) is 0 Å². The van der Waals surface area contributed by atoms with Gasteiger partial charge in [0, 0.05) is 12.8 Å². The van der Waals surface area contributed by atoms with E-state index in [0.717, 1.165) is 0 Å². The molecule has 78 heavy (non-hydrogen) atoms. The van der Waals surface area contributed by atoms with Gasteiger partial charge in [-0.25, -0.2) is 0 Å². The monoisotopic (exact) mass is 1090 g/mol. The Bertz CT molecular complexity index is 2160. The molecule has 2 aromatic rings. The van der Waals surface area contributed by atoms with Gasteiger partial charge in [0.1, 0.15) is 36.3 Å². The van der Waals surface area contributed by atoms with Crippen LogP contribution in [0, 0.1) is 23.7 Å². The van der Waals surface area contributed by atoms with Crippen LogP contribution in [-0.2, 0) is 60.8 Å². The summed E-state index contributed by atoms with van der Waals surface area (Å²) in [6.07, 6.45) is -0.474. The minimum absolute atomic E-state index is 0.0404. The van der Waals surface area contributed by atoms with Crippen molar-refractivity contribution >= 4 is 58.8 Å². The van der Waals surface area contributed by atoms with Gasteiger partial charge in [-0.15, -0.1) is 0 Å². The normalized spacial score (nSPS) is 25.8. The van der Waals surface area contributed by atoms with Gasteiger partial charge >= 0.3 is 0 Å². The Labute approximate surface area is 459 Å². The third kappa shape index (κ3) is 22.0. The minimum Gasteiger partial charge on any atom is -0.344 e. The molecule has 10 atom stereocenters. The molecule has 432 valence electrons. The lowest BCUT2D eigenvalue weighted by Gasteiger charge is -2.29. The number of carbonyl (C=O) groups excluding carboxylic acids is 10. The van der Waals surface area contributed by atoms with Gasteiger partial charge in [0.05, 0.1) is 24.2 Å². The summed E-state index contributed by atoms with van der Waals surface area (Å²) in [4.78, 5) is 142. The predicted molar refractivity (Wildman–Crippen MR) is 296 cm³/mol. The molecule has 3 rings (SSSR count).